The van der Waals surface area contributed by atoms with Gasteiger partial charge < -0.3 is 10.1 Å². The molecule has 31 heavy (non-hydrogen) atoms. The molecule has 2 aromatic rings. The van der Waals surface area contributed by atoms with Gasteiger partial charge in [0.25, 0.3) is 15.9 Å². The van der Waals surface area contributed by atoms with E-state index in [1.165, 1.54) is 31.4 Å². The summed E-state index contributed by atoms with van der Waals surface area (Å²) >= 11 is 0. The molecule has 0 aliphatic rings. The van der Waals surface area contributed by atoms with Gasteiger partial charge in [0.05, 0.1) is 28.8 Å². The first-order valence-electron chi connectivity index (χ1n) is 9.18. The van der Waals surface area contributed by atoms with Gasteiger partial charge in [0, 0.05) is 13.0 Å². The van der Waals surface area contributed by atoms with Crippen LogP contribution in [0, 0.1) is 0 Å². The molecule has 0 atom stereocenters. The van der Waals surface area contributed by atoms with E-state index < -0.39 is 32.6 Å². The molecule has 0 aliphatic heterocycles. The van der Waals surface area contributed by atoms with Crippen molar-refractivity contribution in [3.63, 3.8) is 0 Å². The van der Waals surface area contributed by atoms with Crippen molar-refractivity contribution in [2.24, 2.45) is 0 Å². The van der Waals surface area contributed by atoms with Crippen molar-refractivity contribution < 1.29 is 35.9 Å². The van der Waals surface area contributed by atoms with Crippen molar-refractivity contribution in [2.45, 2.75) is 30.3 Å². The monoisotopic (exact) mass is 458 g/mol. The van der Waals surface area contributed by atoms with Crippen LogP contribution in [0.1, 0.15) is 35.2 Å². The summed E-state index contributed by atoms with van der Waals surface area (Å²) in [5.74, 6) is -0.930. The molecule has 0 heterocycles. The summed E-state index contributed by atoms with van der Waals surface area (Å²) in [5, 5.41) is 2.61. The van der Waals surface area contributed by atoms with Gasteiger partial charge in [-0.15, -0.1) is 0 Å². The minimum atomic E-state index is -4.70. The Labute approximate surface area is 177 Å². The van der Waals surface area contributed by atoms with Crippen LogP contribution in [0.15, 0.2) is 53.4 Å². The smallest absolute Gasteiger partial charge is 0.416 e. The van der Waals surface area contributed by atoms with Crippen LogP contribution in [0.25, 0.3) is 0 Å². The molecule has 1 amide bonds. The highest BCUT2D eigenvalue weighted by atomic mass is 32.2. The Morgan fingerprint density at radius 3 is 2.42 bits per heavy atom. The largest absolute Gasteiger partial charge is 0.469 e. The summed E-state index contributed by atoms with van der Waals surface area (Å²) in [6, 6.07) is 9.02. The van der Waals surface area contributed by atoms with Crippen molar-refractivity contribution >= 4 is 27.6 Å². The summed E-state index contributed by atoms with van der Waals surface area (Å²) in [6.07, 6.45) is -3.49. The number of sulfonamides is 1. The van der Waals surface area contributed by atoms with Gasteiger partial charge in [-0.25, -0.2) is 8.42 Å². The van der Waals surface area contributed by atoms with Crippen LogP contribution in [-0.4, -0.2) is 33.9 Å². The zero-order valence-corrected chi connectivity index (χ0v) is 17.3. The number of benzene rings is 2. The molecule has 0 saturated carbocycles. The molecule has 0 aromatic heterocycles. The number of carbonyl (C=O) groups is 2. The first-order chi connectivity index (χ1) is 14.5. The number of nitrogens with one attached hydrogen (secondary N) is 2. The molecule has 0 fully saturated rings. The molecular formula is C20H21F3N2O5S. The number of halogens is 3. The third-order valence-corrected chi connectivity index (χ3v) is 5.57. The lowest BCUT2D eigenvalue weighted by Crippen LogP contribution is -2.26. The molecule has 0 bridgehead atoms. The van der Waals surface area contributed by atoms with Crippen molar-refractivity contribution in [2.75, 3.05) is 18.4 Å². The number of hydrogen-bond donors (Lipinski definition) is 2. The molecule has 2 aromatic carbocycles. The minimum absolute atomic E-state index is 0.00557. The third-order valence-electron chi connectivity index (χ3n) is 4.21. The fraction of sp³-hybridized carbons (Fsp3) is 0.300. The summed E-state index contributed by atoms with van der Waals surface area (Å²) < 4.78 is 70.6. The Kier molecular flexibility index (Phi) is 8.03. The van der Waals surface area contributed by atoms with Gasteiger partial charge in [0.15, 0.2) is 0 Å². The van der Waals surface area contributed by atoms with E-state index in [0.717, 1.165) is 18.2 Å². The zero-order chi connectivity index (χ0) is 23.1. The lowest BCUT2D eigenvalue weighted by molar-refractivity contribution is -0.140. The molecule has 2 rings (SSSR count). The number of anilines is 1. The fourth-order valence-electron chi connectivity index (χ4n) is 2.61. The number of rotatable bonds is 9. The van der Waals surface area contributed by atoms with E-state index in [2.05, 4.69) is 14.8 Å². The second-order valence-corrected chi connectivity index (χ2v) is 8.15. The molecule has 0 aliphatic carbocycles. The summed E-state index contributed by atoms with van der Waals surface area (Å²) in [6.45, 7) is 0.241. The molecule has 168 valence electrons. The maximum atomic E-state index is 12.9. The minimum Gasteiger partial charge on any atom is -0.469 e. The Bertz CT molecular complexity index is 1040. The molecule has 11 heteroatoms. The van der Waals surface area contributed by atoms with Crippen molar-refractivity contribution in [1.82, 2.24) is 5.32 Å². The summed E-state index contributed by atoms with van der Waals surface area (Å²) in [4.78, 5) is 22.9. The average molecular weight is 458 g/mol. The SMILES string of the molecule is COC(=O)CCCCNC(=O)c1ccccc1NS(=O)(=O)c1cccc(C(F)(F)F)c1. The second-order valence-electron chi connectivity index (χ2n) is 6.47. The number of methoxy groups -OCH3 is 1. The molecule has 0 spiro atoms. The van der Waals surface area contributed by atoms with E-state index in [4.69, 9.17) is 0 Å². The number of para-hydroxylation sites is 1. The lowest BCUT2D eigenvalue weighted by Gasteiger charge is -2.14. The predicted molar refractivity (Wildman–Crippen MR) is 107 cm³/mol. The van der Waals surface area contributed by atoms with Gasteiger partial charge in [-0.3, -0.25) is 14.3 Å². The summed E-state index contributed by atoms with van der Waals surface area (Å²) in [5.41, 5.74) is -1.17. The van der Waals surface area contributed by atoms with Crippen LogP contribution in [0.5, 0.6) is 0 Å². The van der Waals surface area contributed by atoms with Crippen LogP contribution in [-0.2, 0) is 25.7 Å². The van der Waals surface area contributed by atoms with Crippen molar-refractivity contribution in [3.05, 3.63) is 59.7 Å². The maximum Gasteiger partial charge on any atom is 0.416 e. The first-order valence-corrected chi connectivity index (χ1v) is 10.7. The van der Waals surface area contributed by atoms with Gasteiger partial charge in [-0.1, -0.05) is 18.2 Å². The van der Waals surface area contributed by atoms with Gasteiger partial charge in [-0.05, 0) is 43.2 Å². The molecule has 0 saturated heterocycles. The normalized spacial score (nSPS) is 11.6. The predicted octanol–water partition coefficient (Wildman–Crippen LogP) is 3.58. The molecular weight excluding hydrogens is 437 g/mol. The Balaban J connectivity index is 2.11. The Morgan fingerprint density at radius 1 is 1.03 bits per heavy atom. The number of alkyl halides is 3. The van der Waals surface area contributed by atoms with Gasteiger partial charge >= 0.3 is 12.1 Å². The van der Waals surface area contributed by atoms with Crippen LogP contribution < -0.4 is 10.0 Å². The number of hydrogen-bond acceptors (Lipinski definition) is 5. The third kappa shape index (κ3) is 6.99. The lowest BCUT2D eigenvalue weighted by atomic mass is 10.1. The van der Waals surface area contributed by atoms with Crippen LogP contribution >= 0.6 is 0 Å². The quantitative estimate of drug-likeness (QED) is 0.442. The molecule has 0 radical (unpaired) electrons. The molecule has 2 N–H and O–H groups in total. The Morgan fingerprint density at radius 2 is 1.74 bits per heavy atom. The summed E-state index contributed by atoms with van der Waals surface area (Å²) in [7, 11) is -3.10. The second kappa shape index (κ2) is 10.3. The van der Waals surface area contributed by atoms with Crippen molar-refractivity contribution in [3.8, 4) is 0 Å². The number of ether oxygens (including phenoxy) is 1. The number of amides is 1. The van der Waals surface area contributed by atoms with E-state index in [0.29, 0.717) is 18.9 Å². The van der Waals surface area contributed by atoms with E-state index in [1.54, 1.807) is 0 Å². The van der Waals surface area contributed by atoms with E-state index in [1.807, 2.05) is 0 Å². The zero-order valence-electron chi connectivity index (χ0n) is 16.5. The van der Waals surface area contributed by atoms with Gasteiger partial charge in [0.1, 0.15) is 0 Å². The van der Waals surface area contributed by atoms with E-state index in [9.17, 15) is 31.2 Å². The average Bonchev–Trinajstić information content (AvgIpc) is 2.72. The van der Waals surface area contributed by atoms with Crippen molar-refractivity contribution in [1.29, 1.82) is 0 Å². The van der Waals surface area contributed by atoms with Gasteiger partial charge in [0.2, 0.25) is 0 Å². The first kappa shape index (κ1) is 24.2. The highest BCUT2D eigenvalue weighted by Crippen LogP contribution is 2.31. The van der Waals surface area contributed by atoms with Crippen LogP contribution in [0.3, 0.4) is 0 Å². The van der Waals surface area contributed by atoms with Gasteiger partial charge in [-0.2, -0.15) is 13.2 Å². The standard InChI is InChI=1S/C20H21F3N2O5S/c1-30-18(26)11-4-5-12-24-19(27)16-9-2-3-10-17(16)25-31(28,29)15-8-6-7-14(13-15)20(21,22)23/h2-3,6-10,13,25H,4-5,11-12H2,1H3,(H,24,27). The number of carbonyl (C=O) groups excluding carboxylic acids is 2. The molecule has 7 nitrogen and oxygen atoms in total. The number of esters is 1. The van der Waals surface area contributed by atoms with E-state index in [-0.39, 0.29) is 30.2 Å². The van der Waals surface area contributed by atoms with Crippen LogP contribution in [0.2, 0.25) is 0 Å². The van der Waals surface area contributed by atoms with E-state index >= 15 is 0 Å². The highest BCUT2D eigenvalue weighted by molar-refractivity contribution is 7.92. The topological polar surface area (TPSA) is 102 Å². The molecule has 0 unspecified atom stereocenters. The fourth-order valence-corrected chi connectivity index (χ4v) is 3.73. The Hall–Kier alpha value is -3.08. The highest BCUT2D eigenvalue weighted by Gasteiger charge is 2.31. The number of unbranched alkanes of at least 4 members (excludes halogenated alkanes) is 1. The maximum absolute atomic E-state index is 12.9. The van der Waals surface area contributed by atoms with Crippen LogP contribution in [0.4, 0.5) is 18.9 Å².